The molecule has 5 nitrogen and oxygen atoms in total. The maximum atomic E-state index is 13.0. The predicted molar refractivity (Wildman–Crippen MR) is 141 cm³/mol. The molecule has 5 aromatic rings. The second-order valence-corrected chi connectivity index (χ2v) is 10.0. The highest BCUT2D eigenvalue weighted by atomic mass is 35.5. The first-order valence-electron chi connectivity index (χ1n) is 11.2. The van der Waals surface area contributed by atoms with Crippen LogP contribution in [-0.4, -0.2) is 19.9 Å². The molecule has 188 valence electrons. The summed E-state index contributed by atoms with van der Waals surface area (Å²) in [4.78, 5) is 19.1. The lowest BCUT2D eigenvalue weighted by Gasteiger charge is -2.10. The van der Waals surface area contributed by atoms with E-state index in [4.69, 9.17) is 33.2 Å². The highest BCUT2D eigenvalue weighted by molar-refractivity contribution is 7.18. The number of nitrogens with zero attached hydrogens (tertiary/aromatic N) is 4. The second-order valence-electron chi connectivity index (χ2n) is 8.15. The van der Waals surface area contributed by atoms with Crippen molar-refractivity contribution < 1.29 is 13.2 Å². The Hall–Kier alpha value is -3.27. The number of hydrogen-bond donors (Lipinski definition) is 1. The monoisotopic (exact) mass is 559 g/mol. The maximum Gasteiger partial charge on any atom is 0.416 e. The minimum Gasteiger partial charge on any atom is -0.338 e. The van der Waals surface area contributed by atoms with E-state index in [2.05, 4.69) is 15.3 Å². The quantitative estimate of drug-likeness (QED) is 0.219. The average Bonchev–Trinajstić information content (AvgIpc) is 3.28. The third kappa shape index (κ3) is 6.01. The average molecular weight is 560 g/mol. The summed E-state index contributed by atoms with van der Waals surface area (Å²) in [5.41, 5.74) is 1.90. The molecule has 5 rings (SSSR count). The van der Waals surface area contributed by atoms with Gasteiger partial charge in [-0.05, 0) is 60.5 Å². The zero-order chi connectivity index (χ0) is 26.0. The smallest absolute Gasteiger partial charge is 0.338 e. The molecule has 3 aromatic heterocycles. The fraction of sp³-hybridized carbons (Fsp3) is 0.154. The summed E-state index contributed by atoms with van der Waals surface area (Å²) in [6, 6.07) is 15.8. The van der Waals surface area contributed by atoms with Gasteiger partial charge in [-0.2, -0.15) is 13.2 Å². The molecule has 0 saturated heterocycles. The van der Waals surface area contributed by atoms with E-state index in [9.17, 15) is 13.2 Å². The van der Waals surface area contributed by atoms with Crippen molar-refractivity contribution in [2.75, 3.05) is 5.32 Å². The fourth-order valence-electron chi connectivity index (χ4n) is 3.70. The molecule has 0 amide bonds. The number of pyridine rings is 1. The highest BCUT2D eigenvalue weighted by Gasteiger charge is 2.30. The van der Waals surface area contributed by atoms with Gasteiger partial charge in [0.05, 0.1) is 5.56 Å². The Kier molecular flexibility index (Phi) is 7.28. The van der Waals surface area contributed by atoms with Gasteiger partial charge in [0.2, 0.25) is 0 Å². The third-order valence-corrected chi connectivity index (χ3v) is 7.20. The van der Waals surface area contributed by atoms with Crippen LogP contribution in [0.5, 0.6) is 0 Å². The lowest BCUT2D eigenvalue weighted by Crippen LogP contribution is -2.05. The number of alkyl halides is 3. The summed E-state index contributed by atoms with van der Waals surface area (Å²) in [6.07, 6.45) is -1.12. The number of anilines is 2. The largest absolute Gasteiger partial charge is 0.416 e. The molecule has 11 heteroatoms. The van der Waals surface area contributed by atoms with E-state index < -0.39 is 11.7 Å². The Morgan fingerprint density at radius 2 is 1.59 bits per heavy atom. The molecule has 0 unspecified atom stereocenters. The van der Waals surface area contributed by atoms with Crippen molar-refractivity contribution in [1.82, 2.24) is 19.9 Å². The van der Waals surface area contributed by atoms with Crippen LogP contribution in [0.3, 0.4) is 0 Å². The molecule has 0 aliphatic carbocycles. The van der Waals surface area contributed by atoms with Crippen LogP contribution in [0.15, 0.2) is 66.9 Å². The molecular formula is C26H18Cl2F3N5S. The SMILES string of the molecule is FC(F)(F)c1ccc(Nc2nc(CCc3ccccn3)nc3sc(Cc4c(Cl)cccc4Cl)nc23)cc1. The molecule has 0 atom stereocenters. The number of rotatable bonds is 7. The van der Waals surface area contributed by atoms with Gasteiger partial charge in [0.25, 0.3) is 0 Å². The van der Waals surface area contributed by atoms with E-state index in [1.807, 2.05) is 18.2 Å². The van der Waals surface area contributed by atoms with Gasteiger partial charge in [-0.1, -0.05) is 46.7 Å². The number of hydrogen-bond acceptors (Lipinski definition) is 6. The number of halogens is 5. The summed E-state index contributed by atoms with van der Waals surface area (Å²) in [5, 5.41) is 4.93. The minimum absolute atomic E-state index is 0.405. The number of thiazole rings is 1. The zero-order valence-corrected chi connectivity index (χ0v) is 21.4. The molecule has 0 aliphatic rings. The van der Waals surface area contributed by atoms with E-state index in [-0.39, 0.29) is 0 Å². The van der Waals surface area contributed by atoms with Gasteiger partial charge < -0.3 is 5.32 Å². The van der Waals surface area contributed by atoms with E-state index in [1.165, 1.54) is 23.5 Å². The Bertz CT molecular complexity index is 1520. The van der Waals surface area contributed by atoms with Crippen LogP contribution in [-0.2, 0) is 25.4 Å². The molecule has 37 heavy (non-hydrogen) atoms. The molecule has 0 saturated carbocycles. The van der Waals surface area contributed by atoms with Crippen molar-refractivity contribution in [2.24, 2.45) is 0 Å². The van der Waals surface area contributed by atoms with Gasteiger partial charge in [-0.3, -0.25) is 4.98 Å². The van der Waals surface area contributed by atoms with Crippen LogP contribution in [0.2, 0.25) is 10.0 Å². The number of fused-ring (bicyclic) bond motifs is 1. The van der Waals surface area contributed by atoms with Gasteiger partial charge in [-0.15, -0.1) is 0 Å². The molecule has 2 aromatic carbocycles. The van der Waals surface area contributed by atoms with Crippen molar-refractivity contribution >= 4 is 56.4 Å². The van der Waals surface area contributed by atoms with E-state index in [1.54, 1.807) is 24.4 Å². The Balaban J connectivity index is 1.49. The Labute approximate surface area is 224 Å². The topological polar surface area (TPSA) is 63.6 Å². The second kappa shape index (κ2) is 10.6. The molecule has 0 aliphatic heterocycles. The molecule has 1 N–H and O–H groups in total. The van der Waals surface area contributed by atoms with Crippen LogP contribution < -0.4 is 5.32 Å². The number of aromatic nitrogens is 4. The van der Waals surface area contributed by atoms with Gasteiger partial charge >= 0.3 is 6.18 Å². The Morgan fingerprint density at radius 1 is 0.838 bits per heavy atom. The molecule has 0 bridgehead atoms. The lowest BCUT2D eigenvalue weighted by molar-refractivity contribution is -0.137. The number of benzene rings is 2. The molecule has 3 heterocycles. The summed E-state index contributed by atoms with van der Waals surface area (Å²) in [7, 11) is 0. The van der Waals surface area contributed by atoms with E-state index in [0.29, 0.717) is 57.0 Å². The van der Waals surface area contributed by atoms with Crippen LogP contribution in [0.25, 0.3) is 10.3 Å². The summed E-state index contributed by atoms with van der Waals surface area (Å²) in [5.74, 6) is 0.979. The molecule has 0 fully saturated rings. The van der Waals surface area contributed by atoms with Crippen molar-refractivity contribution in [3.05, 3.63) is 105 Å². The summed E-state index contributed by atoms with van der Waals surface area (Å²) < 4.78 is 39.0. The first-order chi connectivity index (χ1) is 17.8. The fourth-order valence-corrected chi connectivity index (χ4v) is 5.20. The molecular weight excluding hydrogens is 542 g/mol. The normalized spacial score (nSPS) is 11.7. The lowest BCUT2D eigenvalue weighted by atomic mass is 10.1. The van der Waals surface area contributed by atoms with E-state index in [0.717, 1.165) is 28.4 Å². The molecule has 0 spiro atoms. The minimum atomic E-state index is -4.41. The number of nitrogens with one attached hydrogen (secondary N) is 1. The van der Waals surface area contributed by atoms with Gasteiger partial charge in [-0.25, -0.2) is 15.0 Å². The van der Waals surface area contributed by atoms with Crippen LogP contribution in [0, 0.1) is 0 Å². The van der Waals surface area contributed by atoms with E-state index >= 15 is 0 Å². The molecule has 0 radical (unpaired) electrons. The van der Waals surface area contributed by atoms with Crippen LogP contribution in [0.4, 0.5) is 24.7 Å². The van der Waals surface area contributed by atoms with Crippen LogP contribution in [0.1, 0.15) is 27.7 Å². The standard InChI is InChI=1S/C26H18Cl2F3N5S/c27-19-5-3-6-20(28)18(19)14-22-36-23-24(33-17-9-7-15(8-10-17)26(29,30)31)34-21(35-25(23)37-22)12-11-16-4-1-2-13-32-16/h1-10,13H,11-12,14H2,(H,33,34,35). The highest BCUT2D eigenvalue weighted by Crippen LogP contribution is 2.34. The van der Waals surface area contributed by atoms with Crippen molar-refractivity contribution in [2.45, 2.75) is 25.4 Å². The Morgan fingerprint density at radius 3 is 2.27 bits per heavy atom. The first kappa shape index (κ1) is 25.4. The van der Waals surface area contributed by atoms with Gasteiger partial charge in [0.1, 0.15) is 21.2 Å². The first-order valence-corrected chi connectivity index (χ1v) is 12.8. The van der Waals surface area contributed by atoms with Gasteiger partial charge in [0, 0.05) is 40.5 Å². The third-order valence-electron chi connectivity index (χ3n) is 5.54. The predicted octanol–water partition coefficient (Wildman–Crippen LogP) is 7.93. The van der Waals surface area contributed by atoms with Crippen molar-refractivity contribution in [3.63, 3.8) is 0 Å². The summed E-state index contributed by atoms with van der Waals surface area (Å²) >= 11 is 14.1. The zero-order valence-electron chi connectivity index (χ0n) is 19.1. The van der Waals surface area contributed by atoms with Crippen molar-refractivity contribution in [1.29, 1.82) is 0 Å². The number of aryl methyl sites for hydroxylation is 2. The summed E-state index contributed by atoms with van der Waals surface area (Å²) in [6.45, 7) is 0. The van der Waals surface area contributed by atoms with Gasteiger partial charge in [0.15, 0.2) is 5.82 Å². The van der Waals surface area contributed by atoms with Crippen LogP contribution >= 0.6 is 34.5 Å². The van der Waals surface area contributed by atoms with Crippen molar-refractivity contribution in [3.8, 4) is 0 Å². The maximum absolute atomic E-state index is 13.0.